The molecule has 0 spiro atoms. The van der Waals surface area contributed by atoms with Gasteiger partial charge >= 0.3 is 0 Å². The molecule has 4 heterocycles. The van der Waals surface area contributed by atoms with Gasteiger partial charge < -0.3 is 10.2 Å². The highest BCUT2D eigenvalue weighted by Gasteiger charge is 2.26. The van der Waals surface area contributed by atoms with Crippen molar-refractivity contribution >= 4 is 17.5 Å². The molecule has 0 radical (unpaired) electrons. The van der Waals surface area contributed by atoms with E-state index >= 15 is 0 Å². The number of pyridine rings is 1. The van der Waals surface area contributed by atoms with Crippen LogP contribution in [0.2, 0.25) is 0 Å². The van der Waals surface area contributed by atoms with E-state index in [1.165, 1.54) is 0 Å². The minimum atomic E-state index is -0.129. The van der Waals surface area contributed by atoms with Crippen molar-refractivity contribution in [3.8, 4) is 17.5 Å². The van der Waals surface area contributed by atoms with E-state index in [-0.39, 0.29) is 18.2 Å². The predicted octanol–water partition coefficient (Wildman–Crippen LogP) is 2.94. The average Bonchev–Trinajstić information content (AvgIpc) is 3.20. The van der Waals surface area contributed by atoms with Crippen molar-refractivity contribution in [3.05, 3.63) is 48.0 Å². The Morgan fingerprint density at radius 2 is 2.19 bits per heavy atom. The summed E-state index contributed by atoms with van der Waals surface area (Å²) in [7, 11) is 1.85. The van der Waals surface area contributed by atoms with Crippen molar-refractivity contribution in [2.75, 3.05) is 18.4 Å². The van der Waals surface area contributed by atoms with Gasteiger partial charge in [-0.15, -0.1) is 0 Å². The molecule has 1 aliphatic rings. The first-order valence-corrected chi connectivity index (χ1v) is 10.2. The Hall–Kier alpha value is -3.80. The number of aromatic nitrogens is 5. The highest BCUT2D eigenvalue weighted by atomic mass is 16.2. The molecule has 0 aliphatic carbocycles. The second kappa shape index (κ2) is 8.92. The lowest BCUT2D eigenvalue weighted by Gasteiger charge is -2.32. The van der Waals surface area contributed by atoms with E-state index in [1.54, 1.807) is 22.0 Å². The highest BCUT2D eigenvalue weighted by Crippen LogP contribution is 2.29. The average molecular weight is 416 g/mol. The first kappa shape index (κ1) is 20.5. The topological polar surface area (TPSA) is 113 Å². The van der Waals surface area contributed by atoms with Crippen molar-refractivity contribution in [1.29, 1.82) is 5.26 Å². The Bertz CT molecular complexity index is 1130. The van der Waals surface area contributed by atoms with Crippen molar-refractivity contribution < 1.29 is 4.79 Å². The summed E-state index contributed by atoms with van der Waals surface area (Å²) >= 11 is 0. The molecule has 1 saturated heterocycles. The highest BCUT2D eigenvalue weighted by molar-refractivity contribution is 5.78. The number of nitrogens with zero attached hydrogens (tertiary/aromatic N) is 7. The maximum atomic E-state index is 12.2. The van der Waals surface area contributed by atoms with Gasteiger partial charge in [0.2, 0.25) is 5.91 Å². The summed E-state index contributed by atoms with van der Waals surface area (Å²) in [4.78, 5) is 27.9. The van der Waals surface area contributed by atoms with Crippen molar-refractivity contribution in [2.45, 2.75) is 32.1 Å². The molecule has 158 valence electrons. The van der Waals surface area contributed by atoms with E-state index in [2.05, 4.69) is 20.4 Å². The molecule has 3 aromatic heterocycles. The van der Waals surface area contributed by atoms with E-state index in [0.717, 1.165) is 29.7 Å². The molecule has 3 aromatic rings. The van der Waals surface area contributed by atoms with Crippen LogP contribution in [0.4, 0.5) is 11.6 Å². The van der Waals surface area contributed by atoms with Crippen molar-refractivity contribution in [2.24, 2.45) is 7.05 Å². The number of nitrogens with one attached hydrogen (secondary N) is 1. The number of aryl methyl sites for hydroxylation is 2. The molecule has 1 amide bonds. The fraction of sp³-hybridized carbons (Fsp3) is 0.364. The number of likely N-dealkylation sites (tertiary alicyclic amines) is 1. The zero-order valence-electron chi connectivity index (χ0n) is 17.6. The molecule has 9 nitrogen and oxygen atoms in total. The lowest BCUT2D eigenvalue weighted by atomic mass is 9.94. The summed E-state index contributed by atoms with van der Waals surface area (Å²) in [5.41, 5.74) is 2.77. The molecule has 1 fully saturated rings. The number of carbonyl (C=O) groups excluding carboxylic acids is 1. The third-order valence-corrected chi connectivity index (χ3v) is 5.30. The molecule has 0 saturated carbocycles. The molecular weight excluding hydrogens is 392 g/mol. The maximum absolute atomic E-state index is 12.2. The number of hydrogen-bond donors (Lipinski definition) is 1. The van der Waals surface area contributed by atoms with E-state index in [9.17, 15) is 4.79 Å². The fourth-order valence-corrected chi connectivity index (χ4v) is 3.77. The summed E-state index contributed by atoms with van der Waals surface area (Å²) in [5, 5.41) is 16.4. The Balaban J connectivity index is 1.67. The van der Waals surface area contributed by atoms with Gasteiger partial charge in [-0.1, -0.05) is 0 Å². The minimum absolute atomic E-state index is 0.0702. The summed E-state index contributed by atoms with van der Waals surface area (Å²) in [6.07, 6.45) is 7.05. The van der Waals surface area contributed by atoms with Crippen LogP contribution < -0.4 is 5.32 Å². The van der Waals surface area contributed by atoms with Crippen LogP contribution in [0.5, 0.6) is 0 Å². The van der Waals surface area contributed by atoms with Crippen molar-refractivity contribution in [3.63, 3.8) is 0 Å². The Kier molecular flexibility index (Phi) is 5.89. The van der Waals surface area contributed by atoms with Crippen LogP contribution in [0.3, 0.4) is 0 Å². The maximum Gasteiger partial charge on any atom is 0.236 e. The van der Waals surface area contributed by atoms with Gasteiger partial charge in [-0.25, -0.2) is 15.0 Å². The van der Waals surface area contributed by atoms with Gasteiger partial charge in [0, 0.05) is 44.5 Å². The molecule has 4 rings (SSSR count). The van der Waals surface area contributed by atoms with Crippen LogP contribution in [-0.4, -0.2) is 48.6 Å². The van der Waals surface area contributed by atoms with Gasteiger partial charge in [-0.3, -0.25) is 9.48 Å². The summed E-state index contributed by atoms with van der Waals surface area (Å²) < 4.78 is 1.71. The third kappa shape index (κ3) is 4.86. The molecule has 1 unspecified atom stereocenters. The van der Waals surface area contributed by atoms with Crippen LogP contribution in [0.15, 0.2) is 36.8 Å². The molecule has 1 N–H and O–H groups in total. The number of carbonyl (C=O) groups is 1. The number of anilines is 2. The predicted molar refractivity (Wildman–Crippen MR) is 115 cm³/mol. The van der Waals surface area contributed by atoms with Crippen LogP contribution in [0.25, 0.3) is 11.4 Å². The molecule has 31 heavy (non-hydrogen) atoms. The second-order valence-electron chi connectivity index (χ2n) is 7.76. The van der Waals surface area contributed by atoms with Crippen LogP contribution in [0, 0.1) is 18.3 Å². The molecule has 1 aliphatic heterocycles. The zero-order valence-corrected chi connectivity index (χ0v) is 17.6. The van der Waals surface area contributed by atoms with Gasteiger partial charge in [-0.2, -0.15) is 10.4 Å². The summed E-state index contributed by atoms with van der Waals surface area (Å²) in [6.45, 7) is 3.23. The van der Waals surface area contributed by atoms with Crippen LogP contribution in [0.1, 0.15) is 36.4 Å². The Labute approximate surface area is 180 Å². The number of piperidine rings is 1. The standard InChI is InChI=1S/C22H24N8O/c1-15-6-8-24-19(10-15)27-20-11-18(26-22(28-20)17-12-25-29(2)13-17)16-4-3-9-30(14-16)21(31)5-7-23/h6,8,10-13,16H,3-5,9,14H2,1-2H3,(H,24,26,27,28). The van der Waals surface area contributed by atoms with E-state index < -0.39 is 0 Å². The van der Waals surface area contributed by atoms with Crippen molar-refractivity contribution in [1.82, 2.24) is 29.6 Å². The lowest BCUT2D eigenvalue weighted by Crippen LogP contribution is -2.39. The Morgan fingerprint density at radius 1 is 1.32 bits per heavy atom. The largest absolute Gasteiger partial charge is 0.341 e. The molecule has 0 aromatic carbocycles. The van der Waals surface area contributed by atoms with Crippen LogP contribution >= 0.6 is 0 Å². The SMILES string of the molecule is Cc1ccnc(Nc2cc(C3CCCN(C(=O)CC#N)C3)nc(-c3cnn(C)c3)n2)c1. The third-order valence-electron chi connectivity index (χ3n) is 5.30. The monoisotopic (exact) mass is 416 g/mol. The molecular formula is C22H24N8O. The van der Waals surface area contributed by atoms with Gasteiger partial charge in [0.1, 0.15) is 18.1 Å². The molecule has 9 heteroatoms. The first-order valence-electron chi connectivity index (χ1n) is 10.2. The summed E-state index contributed by atoms with van der Waals surface area (Å²) in [5.74, 6) is 1.86. The second-order valence-corrected chi connectivity index (χ2v) is 7.76. The smallest absolute Gasteiger partial charge is 0.236 e. The van der Waals surface area contributed by atoms with Gasteiger partial charge in [0.15, 0.2) is 5.82 Å². The summed E-state index contributed by atoms with van der Waals surface area (Å²) in [6, 6.07) is 7.76. The lowest BCUT2D eigenvalue weighted by molar-refractivity contribution is -0.131. The first-order chi connectivity index (χ1) is 15.0. The van der Waals surface area contributed by atoms with Gasteiger partial charge in [0.25, 0.3) is 0 Å². The number of rotatable bonds is 5. The minimum Gasteiger partial charge on any atom is -0.341 e. The molecule has 0 bridgehead atoms. The molecule has 1 atom stereocenters. The Morgan fingerprint density at radius 3 is 2.94 bits per heavy atom. The number of amides is 1. The van der Waals surface area contributed by atoms with Gasteiger partial charge in [0.05, 0.1) is 23.5 Å². The normalized spacial score (nSPS) is 16.0. The zero-order chi connectivity index (χ0) is 21.8. The van der Waals surface area contributed by atoms with E-state index in [0.29, 0.717) is 30.5 Å². The van der Waals surface area contributed by atoms with E-state index in [4.69, 9.17) is 10.2 Å². The number of nitriles is 1. The van der Waals surface area contributed by atoms with Crippen LogP contribution in [-0.2, 0) is 11.8 Å². The quantitative estimate of drug-likeness (QED) is 0.680. The van der Waals surface area contributed by atoms with Gasteiger partial charge in [-0.05, 0) is 37.5 Å². The van der Waals surface area contributed by atoms with E-state index in [1.807, 2.05) is 44.4 Å². The fourth-order valence-electron chi connectivity index (χ4n) is 3.77. The number of hydrogen-bond acceptors (Lipinski definition) is 7.